The molecule has 8 heteroatoms. The summed E-state index contributed by atoms with van der Waals surface area (Å²) in [6, 6.07) is 27.2. The fraction of sp³-hybridized carbons (Fsp3) is 0.400. The van der Waals surface area contributed by atoms with Crippen LogP contribution in [0.2, 0.25) is 0 Å². The average molecular weight is 805 g/mol. The van der Waals surface area contributed by atoms with Crippen LogP contribution in [0.1, 0.15) is 147 Å². The predicted molar refractivity (Wildman–Crippen MR) is 237 cm³/mol. The Morgan fingerprint density at radius 3 is 1.31 bits per heavy atom. The number of pyridine rings is 2. The molecule has 4 aliphatic rings. The zero-order valence-corrected chi connectivity index (χ0v) is 34.6. The van der Waals surface area contributed by atoms with Gasteiger partial charge in [0.2, 0.25) is 0 Å². The molecule has 296 valence electrons. The summed E-state index contributed by atoms with van der Waals surface area (Å²) in [6.07, 6.45) is 20.7. The molecular formula is C50H52N4O2S2. The van der Waals surface area contributed by atoms with Gasteiger partial charge in [-0.15, -0.1) is 22.7 Å². The summed E-state index contributed by atoms with van der Waals surface area (Å²) in [6.45, 7) is 0. The van der Waals surface area contributed by atoms with Crippen LogP contribution in [0.3, 0.4) is 0 Å². The molecule has 6 heterocycles. The summed E-state index contributed by atoms with van der Waals surface area (Å²) in [5.74, 6) is 3.16. The molecule has 4 fully saturated rings. The van der Waals surface area contributed by atoms with Crippen molar-refractivity contribution in [3.05, 3.63) is 142 Å². The Kier molecular flexibility index (Phi) is 9.72. The molecule has 12 rings (SSSR count). The van der Waals surface area contributed by atoms with Crippen LogP contribution in [0.5, 0.6) is 0 Å². The van der Waals surface area contributed by atoms with Gasteiger partial charge in [-0.3, -0.25) is 0 Å². The Labute approximate surface area is 348 Å². The highest BCUT2D eigenvalue weighted by atomic mass is 32.1. The van der Waals surface area contributed by atoms with Gasteiger partial charge in [-0.05, 0) is 193 Å². The maximum absolute atomic E-state index is 11.4. The lowest BCUT2D eigenvalue weighted by Crippen LogP contribution is -2.22. The van der Waals surface area contributed by atoms with Crippen LogP contribution in [-0.4, -0.2) is 29.0 Å². The number of imidazole rings is 2. The van der Waals surface area contributed by atoms with Gasteiger partial charge in [0.05, 0.1) is 59.7 Å². The number of fused-ring (bicyclic) bond motifs is 4. The predicted octanol–water partition coefficient (Wildman–Crippen LogP) is 12.9. The average Bonchev–Trinajstić information content (AvgIpc) is 4.03. The zero-order chi connectivity index (χ0) is 38.7. The van der Waals surface area contributed by atoms with Crippen LogP contribution in [0.15, 0.2) is 109 Å². The molecule has 8 aromatic rings. The first kappa shape index (κ1) is 36.7. The van der Waals surface area contributed by atoms with Crippen molar-refractivity contribution in [1.29, 1.82) is 0 Å². The molecule has 0 saturated heterocycles. The third kappa shape index (κ3) is 7.00. The number of aromatic nitrogens is 4. The van der Waals surface area contributed by atoms with Crippen molar-refractivity contribution in [2.75, 3.05) is 0 Å². The molecule has 0 radical (unpaired) electrons. The largest absolute Gasteiger partial charge is 0.387 e. The van der Waals surface area contributed by atoms with E-state index in [4.69, 9.17) is 0 Å². The van der Waals surface area contributed by atoms with E-state index in [1.165, 1.54) is 68.1 Å². The third-order valence-corrected chi connectivity index (χ3v) is 16.0. The van der Waals surface area contributed by atoms with E-state index in [0.717, 1.165) is 73.8 Å². The Morgan fingerprint density at radius 2 is 0.897 bits per heavy atom. The van der Waals surface area contributed by atoms with Gasteiger partial charge in [0.1, 0.15) is 0 Å². The Bertz CT molecular complexity index is 2510. The molecule has 58 heavy (non-hydrogen) atoms. The summed E-state index contributed by atoms with van der Waals surface area (Å²) in [5.41, 5.74) is 10.00. The second-order valence-electron chi connectivity index (χ2n) is 17.8. The zero-order valence-electron chi connectivity index (χ0n) is 33.0. The number of rotatable bonds is 8. The van der Waals surface area contributed by atoms with Crippen molar-refractivity contribution in [1.82, 2.24) is 18.8 Å². The Hall–Kier alpha value is -4.34. The molecule has 6 nitrogen and oxygen atoms in total. The number of nitrogens with zero attached hydrogens (tertiary/aromatic N) is 4. The fourth-order valence-electron chi connectivity index (χ4n) is 10.6. The first-order valence-electron chi connectivity index (χ1n) is 21.8. The molecular weight excluding hydrogens is 753 g/mol. The number of thiophene rings is 2. The van der Waals surface area contributed by atoms with Crippen molar-refractivity contribution in [2.45, 2.75) is 113 Å². The van der Waals surface area contributed by atoms with Crippen molar-refractivity contribution < 1.29 is 10.2 Å². The standard InChI is InChI=1S/2C25H26N2OS/c2*28-25(24-22(17-3-4-17)9-8-21-14-26-15-27(21)24)18-5-1-16(2-6-18)19-7-10-23-20(13-19)11-12-29-23/h2*7-18,25,28H,1-6H2/t2*16?,18?,25-/m10/s1. The van der Waals surface area contributed by atoms with Gasteiger partial charge in [0, 0.05) is 9.40 Å². The lowest BCUT2D eigenvalue weighted by molar-refractivity contribution is 0.0753. The number of hydrogen-bond acceptors (Lipinski definition) is 6. The summed E-state index contributed by atoms with van der Waals surface area (Å²) in [4.78, 5) is 8.67. The summed E-state index contributed by atoms with van der Waals surface area (Å²) < 4.78 is 7.02. The summed E-state index contributed by atoms with van der Waals surface area (Å²) >= 11 is 3.63. The first-order valence-corrected chi connectivity index (χ1v) is 23.5. The molecule has 2 aromatic carbocycles. The van der Waals surface area contributed by atoms with E-state index in [1.54, 1.807) is 0 Å². The van der Waals surface area contributed by atoms with Crippen LogP contribution in [0.4, 0.5) is 0 Å². The minimum absolute atomic E-state index is 0.335. The number of aliphatic hydroxyl groups is 2. The van der Waals surface area contributed by atoms with Gasteiger partial charge < -0.3 is 19.0 Å². The van der Waals surface area contributed by atoms with E-state index in [9.17, 15) is 10.2 Å². The van der Waals surface area contributed by atoms with Gasteiger partial charge in [-0.25, -0.2) is 9.97 Å². The van der Waals surface area contributed by atoms with Crippen LogP contribution in [0, 0.1) is 11.8 Å². The summed E-state index contributed by atoms with van der Waals surface area (Å²) in [7, 11) is 0. The van der Waals surface area contributed by atoms with E-state index in [0.29, 0.717) is 35.5 Å². The first-order chi connectivity index (χ1) is 28.6. The highest BCUT2D eigenvalue weighted by Gasteiger charge is 2.36. The number of hydrogen-bond donors (Lipinski definition) is 2. The molecule has 0 bridgehead atoms. The topological polar surface area (TPSA) is 75.1 Å². The molecule has 0 unspecified atom stereocenters. The molecule has 4 saturated carbocycles. The SMILES string of the molecule is O[C@@H](c1c(C2CC2)ccc2cncn12)C1CCC(c2ccc3sccc3c2)CC1.O[C@H](c1c(C2CC2)ccc2cncn12)C1CCC(c2ccc3sccc3c2)CC1. The molecule has 2 atom stereocenters. The van der Waals surface area contributed by atoms with Crippen molar-refractivity contribution in [3.8, 4) is 0 Å². The minimum atomic E-state index is -0.399. The number of benzene rings is 2. The van der Waals surface area contributed by atoms with Gasteiger partial charge in [-0.2, -0.15) is 0 Å². The second kappa shape index (κ2) is 15.4. The van der Waals surface area contributed by atoms with Crippen LogP contribution in [0.25, 0.3) is 31.2 Å². The van der Waals surface area contributed by atoms with Gasteiger partial charge in [-0.1, -0.05) is 36.4 Å². The molecule has 0 aliphatic heterocycles. The van der Waals surface area contributed by atoms with Crippen molar-refractivity contribution in [3.63, 3.8) is 0 Å². The maximum Gasteiger partial charge on any atom is 0.0995 e. The van der Waals surface area contributed by atoms with Crippen molar-refractivity contribution >= 4 is 53.9 Å². The highest BCUT2D eigenvalue weighted by Crippen LogP contribution is 2.49. The smallest absolute Gasteiger partial charge is 0.0995 e. The lowest BCUT2D eigenvalue weighted by atomic mass is 9.75. The Morgan fingerprint density at radius 1 is 0.483 bits per heavy atom. The van der Waals surface area contributed by atoms with Crippen LogP contribution in [-0.2, 0) is 0 Å². The number of aliphatic hydroxyl groups excluding tert-OH is 2. The van der Waals surface area contributed by atoms with E-state index < -0.39 is 12.2 Å². The molecule has 4 aliphatic carbocycles. The second-order valence-corrected chi connectivity index (χ2v) is 19.7. The molecule has 0 spiro atoms. The fourth-order valence-corrected chi connectivity index (χ4v) is 12.2. The van der Waals surface area contributed by atoms with Crippen LogP contribution < -0.4 is 0 Å². The van der Waals surface area contributed by atoms with Gasteiger partial charge in [0.25, 0.3) is 0 Å². The van der Waals surface area contributed by atoms with Crippen molar-refractivity contribution in [2.24, 2.45) is 11.8 Å². The Balaban J connectivity index is 0.000000133. The van der Waals surface area contributed by atoms with E-state index in [1.807, 2.05) is 47.7 Å². The van der Waals surface area contributed by atoms with Gasteiger partial charge >= 0.3 is 0 Å². The van der Waals surface area contributed by atoms with E-state index >= 15 is 0 Å². The van der Waals surface area contributed by atoms with E-state index in [2.05, 4.69) is 102 Å². The van der Waals surface area contributed by atoms with Crippen LogP contribution >= 0.6 is 22.7 Å². The minimum Gasteiger partial charge on any atom is -0.387 e. The quantitative estimate of drug-likeness (QED) is 0.160. The summed E-state index contributed by atoms with van der Waals surface area (Å²) in [5, 5.41) is 30.0. The molecule has 2 N–H and O–H groups in total. The van der Waals surface area contributed by atoms with Gasteiger partial charge in [0.15, 0.2) is 0 Å². The normalized spacial score (nSPS) is 23.6. The van der Waals surface area contributed by atoms with E-state index in [-0.39, 0.29) is 0 Å². The molecule has 0 amide bonds. The maximum atomic E-state index is 11.4. The highest BCUT2D eigenvalue weighted by molar-refractivity contribution is 7.17. The molecule has 6 aromatic heterocycles. The third-order valence-electron chi connectivity index (χ3n) is 14.2. The monoisotopic (exact) mass is 804 g/mol. The lowest BCUT2D eigenvalue weighted by Gasteiger charge is -2.33.